The van der Waals surface area contributed by atoms with Gasteiger partial charge in [0, 0.05) is 25.5 Å². The zero-order valence-corrected chi connectivity index (χ0v) is 10.4. The molecule has 0 amide bonds. The summed E-state index contributed by atoms with van der Waals surface area (Å²) in [7, 11) is 2.02. The molecule has 5 heteroatoms. The maximum Gasteiger partial charge on any atom is 0.157 e. The summed E-state index contributed by atoms with van der Waals surface area (Å²) in [5.41, 5.74) is 6.26. The third-order valence-electron chi connectivity index (χ3n) is 3.16. The van der Waals surface area contributed by atoms with Gasteiger partial charge in [0.25, 0.3) is 0 Å². The van der Waals surface area contributed by atoms with Gasteiger partial charge in [-0.15, -0.1) is 0 Å². The monoisotopic (exact) mass is 236 g/mol. The van der Waals surface area contributed by atoms with Gasteiger partial charge < -0.3 is 10.6 Å². The van der Waals surface area contributed by atoms with Gasteiger partial charge in [-0.05, 0) is 25.7 Å². The first-order valence-corrected chi connectivity index (χ1v) is 5.85. The Kier molecular flexibility index (Phi) is 3.05. The summed E-state index contributed by atoms with van der Waals surface area (Å²) in [5.74, 6) is 1.56. The number of rotatable bonds is 4. The van der Waals surface area contributed by atoms with Crippen LogP contribution in [0.15, 0.2) is 12.4 Å². The van der Waals surface area contributed by atoms with Crippen molar-refractivity contribution in [2.45, 2.75) is 25.8 Å². The predicted octanol–water partition coefficient (Wildman–Crippen LogP) is 1.35. The lowest BCUT2D eigenvalue weighted by Crippen LogP contribution is -2.33. The molecule has 1 aliphatic carbocycles. The number of nitrogens with two attached hydrogens (primary N) is 1. The Bertz CT molecular complexity index is 403. The molecule has 1 fully saturated rings. The molecule has 1 aromatic rings. The quantitative estimate of drug-likeness (QED) is 0.800. The second kappa shape index (κ2) is 4.33. The first-order chi connectivity index (χ1) is 7.61. The molecular weight excluding hydrogens is 220 g/mol. The van der Waals surface area contributed by atoms with Gasteiger partial charge >= 0.3 is 0 Å². The normalized spacial score (nSPS) is 16.9. The van der Waals surface area contributed by atoms with Gasteiger partial charge in [0.2, 0.25) is 0 Å². The molecule has 2 N–H and O–H groups in total. The lowest BCUT2D eigenvalue weighted by Gasteiger charge is -2.26. The standard InChI is InChI=1S/C11H16N4S/c1-7(8-3-4-8)15(2)11-9(10(12)16)13-5-6-14-11/h5-8H,3-4H2,1-2H3,(H2,12,16). The van der Waals surface area contributed by atoms with Crippen LogP contribution in [0.3, 0.4) is 0 Å². The van der Waals surface area contributed by atoms with Crippen molar-refractivity contribution in [3.8, 4) is 0 Å². The SMILES string of the molecule is CC(C1CC1)N(C)c1nccnc1C(N)=S. The summed E-state index contributed by atoms with van der Waals surface area (Å²) < 4.78 is 0. The first-order valence-electron chi connectivity index (χ1n) is 5.45. The molecule has 4 nitrogen and oxygen atoms in total. The Morgan fingerprint density at radius 1 is 1.50 bits per heavy atom. The van der Waals surface area contributed by atoms with Crippen LogP contribution in [0.2, 0.25) is 0 Å². The van der Waals surface area contributed by atoms with Crippen LogP contribution in [-0.4, -0.2) is 28.0 Å². The molecule has 0 bridgehead atoms. The average Bonchev–Trinajstić information content (AvgIpc) is 3.11. The highest BCUT2D eigenvalue weighted by Crippen LogP contribution is 2.36. The molecular formula is C11H16N4S. The molecule has 1 heterocycles. The van der Waals surface area contributed by atoms with E-state index < -0.39 is 0 Å². The minimum absolute atomic E-state index is 0.304. The van der Waals surface area contributed by atoms with E-state index in [2.05, 4.69) is 21.8 Å². The number of nitrogens with zero attached hydrogens (tertiary/aromatic N) is 3. The van der Waals surface area contributed by atoms with Crippen molar-refractivity contribution in [3.05, 3.63) is 18.1 Å². The van der Waals surface area contributed by atoms with Gasteiger partial charge in [-0.3, -0.25) is 0 Å². The molecule has 1 unspecified atom stereocenters. The van der Waals surface area contributed by atoms with Crippen LogP contribution in [0.25, 0.3) is 0 Å². The van der Waals surface area contributed by atoms with Crippen LogP contribution < -0.4 is 10.6 Å². The van der Waals surface area contributed by atoms with Crippen LogP contribution in [-0.2, 0) is 0 Å². The van der Waals surface area contributed by atoms with Crippen LogP contribution in [0.5, 0.6) is 0 Å². The average molecular weight is 236 g/mol. The van der Waals surface area contributed by atoms with Crippen molar-refractivity contribution in [2.75, 3.05) is 11.9 Å². The van der Waals surface area contributed by atoms with Crippen LogP contribution >= 0.6 is 12.2 Å². The molecule has 1 atom stereocenters. The smallest absolute Gasteiger partial charge is 0.157 e. The summed E-state index contributed by atoms with van der Waals surface area (Å²) in [5, 5.41) is 0. The van der Waals surface area contributed by atoms with Gasteiger partial charge in [-0.25, -0.2) is 9.97 Å². The molecule has 2 rings (SSSR count). The minimum Gasteiger partial charge on any atom is -0.388 e. The van der Waals surface area contributed by atoms with E-state index in [9.17, 15) is 0 Å². The van der Waals surface area contributed by atoms with Crippen molar-refractivity contribution < 1.29 is 0 Å². The molecule has 0 spiro atoms. The Balaban J connectivity index is 2.27. The molecule has 0 radical (unpaired) electrons. The van der Waals surface area contributed by atoms with E-state index in [0.29, 0.717) is 16.7 Å². The molecule has 1 aliphatic rings. The largest absolute Gasteiger partial charge is 0.388 e. The van der Waals surface area contributed by atoms with Crippen molar-refractivity contribution in [2.24, 2.45) is 11.7 Å². The third-order valence-corrected chi connectivity index (χ3v) is 3.35. The van der Waals surface area contributed by atoms with E-state index in [4.69, 9.17) is 18.0 Å². The summed E-state index contributed by atoms with van der Waals surface area (Å²) in [4.78, 5) is 10.9. The van der Waals surface area contributed by atoms with Gasteiger partial charge in [-0.1, -0.05) is 12.2 Å². The highest BCUT2D eigenvalue weighted by Gasteiger charge is 2.32. The Labute approximate surface area is 101 Å². The fourth-order valence-electron chi connectivity index (χ4n) is 1.85. The Morgan fingerprint density at radius 2 is 2.12 bits per heavy atom. The lowest BCUT2D eigenvalue weighted by molar-refractivity contribution is 0.602. The van der Waals surface area contributed by atoms with Crippen molar-refractivity contribution >= 4 is 23.0 Å². The number of anilines is 1. The molecule has 1 saturated carbocycles. The molecule has 0 aliphatic heterocycles. The van der Waals surface area contributed by atoms with Crippen molar-refractivity contribution in [1.82, 2.24) is 9.97 Å². The fraction of sp³-hybridized carbons (Fsp3) is 0.545. The van der Waals surface area contributed by atoms with Crippen molar-refractivity contribution in [1.29, 1.82) is 0 Å². The number of aromatic nitrogens is 2. The van der Waals surface area contributed by atoms with E-state index in [-0.39, 0.29) is 0 Å². The molecule has 16 heavy (non-hydrogen) atoms. The highest BCUT2D eigenvalue weighted by atomic mass is 32.1. The fourth-order valence-corrected chi connectivity index (χ4v) is 1.99. The summed E-state index contributed by atoms with van der Waals surface area (Å²) in [6.45, 7) is 2.20. The van der Waals surface area contributed by atoms with Crippen LogP contribution in [0, 0.1) is 5.92 Å². The molecule has 0 aromatic carbocycles. The van der Waals surface area contributed by atoms with Crippen molar-refractivity contribution in [3.63, 3.8) is 0 Å². The van der Waals surface area contributed by atoms with E-state index in [1.165, 1.54) is 12.8 Å². The highest BCUT2D eigenvalue weighted by molar-refractivity contribution is 7.80. The van der Waals surface area contributed by atoms with E-state index in [0.717, 1.165) is 11.7 Å². The zero-order chi connectivity index (χ0) is 11.7. The molecule has 0 saturated heterocycles. The van der Waals surface area contributed by atoms with Gasteiger partial charge in [-0.2, -0.15) is 0 Å². The first kappa shape index (κ1) is 11.3. The number of thiocarbonyl (C=S) groups is 1. The Morgan fingerprint density at radius 3 is 2.69 bits per heavy atom. The van der Waals surface area contributed by atoms with E-state index >= 15 is 0 Å². The topological polar surface area (TPSA) is 55.0 Å². The third kappa shape index (κ3) is 2.14. The van der Waals surface area contributed by atoms with E-state index in [1.807, 2.05) is 7.05 Å². The maximum atomic E-state index is 5.65. The van der Waals surface area contributed by atoms with Crippen LogP contribution in [0.1, 0.15) is 25.5 Å². The summed E-state index contributed by atoms with van der Waals surface area (Å²) in [6.07, 6.45) is 5.89. The van der Waals surface area contributed by atoms with Crippen LogP contribution in [0.4, 0.5) is 5.82 Å². The number of hydrogen-bond donors (Lipinski definition) is 1. The lowest BCUT2D eigenvalue weighted by atomic mass is 10.2. The minimum atomic E-state index is 0.304. The number of hydrogen-bond acceptors (Lipinski definition) is 4. The van der Waals surface area contributed by atoms with Gasteiger partial charge in [0.1, 0.15) is 10.7 Å². The van der Waals surface area contributed by atoms with E-state index in [1.54, 1.807) is 12.4 Å². The summed E-state index contributed by atoms with van der Waals surface area (Å²) in [6, 6.07) is 0.463. The van der Waals surface area contributed by atoms with Gasteiger partial charge in [0.05, 0.1) is 0 Å². The predicted molar refractivity (Wildman–Crippen MR) is 68.5 cm³/mol. The Hall–Kier alpha value is -1.23. The maximum absolute atomic E-state index is 5.65. The second-order valence-electron chi connectivity index (χ2n) is 4.28. The van der Waals surface area contributed by atoms with Gasteiger partial charge in [0.15, 0.2) is 5.82 Å². The summed E-state index contributed by atoms with van der Waals surface area (Å²) >= 11 is 4.99. The molecule has 86 valence electrons. The second-order valence-corrected chi connectivity index (χ2v) is 4.72. The molecule has 1 aromatic heterocycles. The zero-order valence-electron chi connectivity index (χ0n) is 9.55.